The lowest BCUT2D eigenvalue weighted by molar-refractivity contribution is 0.298. The van der Waals surface area contributed by atoms with Crippen molar-refractivity contribution >= 4 is 0 Å². The Balaban J connectivity index is 2.57. The van der Waals surface area contributed by atoms with Crippen molar-refractivity contribution < 1.29 is 4.39 Å². The molecule has 1 nitrogen and oxygen atoms in total. The van der Waals surface area contributed by atoms with E-state index in [4.69, 9.17) is 0 Å². The average molecular weight is 279 g/mol. The zero-order valence-corrected chi connectivity index (χ0v) is 13.9. The molecule has 0 radical (unpaired) electrons. The van der Waals surface area contributed by atoms with E-state index in [0.717, 1.165) is 30.5 Å². The maximum atomic E-state index is 13.3. The SMILES string of the molecule is Cc1cc(F)cc(C)c1CCC(C)(C)CCNC(C)C. The van der Waals surface area contributed by atoms with Gasteiger partial charge in [0.25, 0.3) is 0 Å². The molecule has 0 heterocycles. The van der Waals surface area contributed by atoms with Crippen molar-refractivity contribution in [2.24, 2.45) is 5.41 Å². The molecular weight excluding hydrogens is 249 g/mol. The highest BCUT2D eigenvalue weighted by molar-refractivity contribution is 5.34. The van der Waals surface area contributed by atoms with Gasteiger partial charge in [-0.25, -0.2) is 4.39 Å². The molecule has 1 aromatic rings. The third kappa shape index (κ3) is 5.62. The van der Waals surface area contributed by atoms with E-state index >= 15 is 0 Å². The van der Waals surface area contributed by atoms with Gasteiger partial charge in [-0.3, -0.25) is 0 Å². The van der Waals surface area contributed by atoms with Gasteiger partial charge in [0, 0.05) is 6.04 Å². The summed E-state index contributed by atoms with van der Waals surface area (Å²) in [4.78, 5) is 0. The summed E-state index contributed by atoms with van der Waals surface area (Å²) < 4.78 is 13.3. The first-order chi connectivity index (χ1) is 9.21. The fraction of sp³-hybridized carbons (Fsp3) is 0.667. The van der Waals surface area contributed by atoms with Crippen LogP contribution in [0, 0.1) is 25.1 Å². The van der Waals surface area contributed by atoms with Gasteiger partial charge in [-0.15, -0.1) is 0 Å². The van der Waals surface area contributed by atoms with E-state index in [0.29, 0.717) is 11.5 Å². The van der Waals surface area contributed by atoms with Crippen LogP contribution in [0.1, 0.15) is 57.2 Å². The molecule has 0 aliphatic heterocycles. The van der Waals surface area contributed by atoms with Crippen LogP contribution in [0.5, 0.6) is 0 Å². The lowest BCUT2D eigenvalue weighted by Crippen LogP contribution is -2.28. The maximum absolute atomic E-state index is 13.3. The van der Waals surface area contributed by atoms with E-state index in [1.807, 2.05) is 13.8 Å². The van der Waals surface area contributed by atoms with E-state index in [1.54, 1.807) is 12.1 Å². The van der Waals surface area contributed by atoms with Crippen LogP contribution in [-0.4, -0.2) is 12.6 Å². The standard InChI is InChI=1S/C18H30FN/c1-13(2)20-10-9-18(5,6)8-7-17-14(3)11-16(19)12-15(17)4/h11-13,20H,7-10H2,1-6H3. The first-order valence-electron chi connectivity index (χ1n) is 7.70. The Labute approximate surface area is 124 Å². The van der Waals surface area contributed by atoms with Gasteiger partial charge in [-0.05, 0) is 73.9 Å². The molecule has 0 spiro atoms. The largest absolute Gasteiger partial charge is 0.315 e. The number of halogens is 1. The molecule has 1 rings (SSSR count). The summed E-state index contributed by atoms with van der Waals surface area (Å²) in [5.74, 6) is -0.121. The van der Waals surface area contributed by atoms with Crippen LogP contribution in [0.4, 0.5) is 4.39 Å². The second-order valence-electron chi connectivity index (χ2n) is 7.04. The van der Waals surface area contributed by atoms with Crippen molar-refractivity contribution in [2.45, 2.75) is 66.8 Å². The Kier molecular flexibility index (Phi) is 6.19. The van der Waals surface area contributed by atoms with Crippen LogP contribution < -0.4 is 5.32 Å². The van der Waals surface area contributed by atoms with E-state index in [9.17, 15) is 4.39 Å². The van der Waals surface area contributed by atoms with Gasteiger partial charge >= 0.3 is 0 Å². The molecule has 0 saturated heterocycles. The molecule has 114 valence electrons. The van der Waals surface area contributed by atoms with Crippen molar-refractivity contribution in [1.82, 2.24) is 5.32 Å². The minimum absolute atomic E-state index is 0.121. The monoisotopic (exact) mass is 279 g/mol. The second kappa shape index (κ2) is 7.21. The number of rotatable bonds is 7. The van der Waals surface area contributed by atoms with Crippen LogP contribution in [0.3, 0.4) is 0 Å². The van der Waals surface area contributed by atoms with E-state index in [1.165, 1.54) is 12.0 Å². The average Bonchev–Trinajstić information content (AvgIpc) is 2.26. The highest BCUT2D eigenvalue weighted by Crippen LogP contribution is 2.28. The number of benzene rings is 1. The Hall–Kier alpha value is -0.890. The summed E-state index contributed by atoms with van der Waals surface area (Å²) in [6.07, 6.45) is 3.34. The summed E-state index contributed by atoms with van der Waals surface area (Å²) in [5.41, 5.74) is 3.79. The van der Waals surface area contributed by atoms with E-state index in [2.05, 4.69) is 33.0 Å². The van der Waals surface area contributed by atoms with Crippen LogP contribution >= 0.6 is 0 Å². The van der Waals surface area contributed by atoms with Crippen molar-refractivity contribution in [1.29, 1.82) is 0 Å². The van der Waals surface area contributed by atoms with Gasteiger partial charge in [0.1, 0.15) is 5.82 Å². The smallest absolute Gasteiger partial charge is 0.123 e. The zero-order chi connectivity index (χ0) is 15.3. The first kappa shape index (κ1) is 17.2. The Morgan fingerprint density at radius 1 is 1.10 bits per heavy atom. The van der Waals surface area contributed by atoms with Gasteiger partial charge < -0.3 is 5.32 Å². The highest BCUT2D eigenvalue weighted by Gasteiger charge is 2.18. The summed E-state index contributed by atoms with van der Waals surface area (Å²) in [5, 5.41) is 3.48. The van der Waals surface area contributed by atoms with E-state index < -0.39 is 0 Å². The van der Waals surface area contributed by atoms with Crippen molar-refractivity contribution in [2.75, 3.05) is 6.54 Å². The fourth-order valence-corrected chi connectivity index (χ4v) is 2.62. The summed E-state index contributed by atoms with van der Waals surface area (Å²) in [6, 6.07) is 3.85. The lowest BCUT2D eigenvalue weighted by Gasteiger charge is -2.26. The predicted molar refractivity (Wildman–Crippen MR) is 85.7 cm³/mol. The molecule has 0 atom stereocenters. The van der Waals surface area contributed by atoms with Crippen LogP contribution in [0.2, 0.25) is 0 Å². The molecule has 0 bridgehead atoms. The highest BCUT2D eigenvalue weighted by atomic mass is 19.1. The number of nitrogens with one attached hydrogen (secondary N) is 1. The number of hydrogen-bond donors (Lipinski definition) is 1. The summed E-state index contributed by atoms with van der Waals surface area (Å²) in [6.45, 7) is 14.1. The second-order valence-corrected chi connectivity index (χ2v) is 7.04. The van der Waals surface area contributed by atoms with Gasteiger partial charge in [-0.1, -0.05) is 27.7 Å². The molecule has 0 aromatic heterocycles. The third-order valence-corrected chi connectivity index (χ3v) is 4.07. The summed E-state index contributed by atoms with van der Waals surface area (Å²) >= 11 is 0. The minimum atomic E-state index is -0.121. The summed E-state index contributed by atoms with van der Waals surface area (Å²) in [7, 11) is 0. The molecule has 20 heavy (non-hydrogen) atoms. The molecule has 2 heteroatoms. The number of aryl methyl sites for hydroxylation is 2. The normalized spacial score (nSPS) is 12.2. The maximum Gasteiger partial charge on any atom is 0.123 e. The Morgan fingerprint density at radius 3 is 2.15 bits per heavy atom. The topological polar surface area (TPSA) is 12.0 Å². The molecular formula is C18H30FN. The molecule has 0 saturated carbocycles. The van der Waals surface area contributed by atoms with Crippen LogP contribution in [0.15, 0.2) is 12.1 Å². The molecule has 1 aromatic carbocycles. The zero-order valence-electron chi connectivity index (χ0n) is 13.9. The van der Waals surface area contributed by atoms with Crippen molar-refractivity contribution in [3.8, 4) is 0 Å². The number of hydrogen-bond acceptors (Lipinski definition) is 1. The fourth-order valence-electron chi connectivity index (χ4n) is 2.62. The molecule has 0 amide bonds. The predicted octanol–water partition coefficient (Wildman–Crippen LogP) is 4.79. The van der Waals surface area contributed by atoms with Crippen LogP contribution in [0.25, 0.3) is 0 Å². The first-order valence-corrected chi connectivity index (χ1v) is 7.70. The van der Waals surface area contributed by atoms with Crippen molar-refractivity contribution in [3.63, 3.8) is 0 Å². The van der Waals surface area contributed by atoms with E-state index in [-0.39, 0.29) is 5.82 Å². The quantitative estimate of drug-likeness (QED) is 0.756. The Morgan fingerprint density at radius 2 is 1.65 bits per heavy atom. The molecule has 0 aliphatic rings. The van der Waals surface area contributed by atoms with Gasteiger partial charge in [0.15, 0.2) is 0 Å². The molecule has 0 aliphatic carbocycles. The molecule has 0 unspecified atom stereocenters. The lowest BCUT2D eigenvalue weighted by atomic mass is 9.82. The van der Waals surface area contributed by atoms with Crippen molar-refractivity contribution in [3.05, 3.63) is 34.6 Å². The minimum Gasteiger partial charge on any atom is -0.315 e. The van der Waals surface area contributed by atoms with Gasteiger partial charge in [0.05, 0.1) is 0 Å². The Bertz CT molecular complexity index is 412. The molecule has 0 fully saturated rings. The van der Waals surface area contributed by atoms with Gasteiger partial charge in [0.2, 0.25) is 0 Å². The molecule has 1 N–H and O–H groups in total. The van der Waals surface area contributed by atoms with Crippen LogP contribution in [-0.2, 0) is 6.42 Å². The third-order valence-electron chi connectivity index (χ3n) is 4.07. The van der Waals surface area contributed by atoms with Gasteiger partial charge in [-0.2, -0.15) is 0 Å².